The maximum absolute atomic E-state index is 13.0. The van der Waals surface area contributed by atoms with E-state index < -0.39 is 6.10 Å². The predicted octanol–water partition coefficient (Wildman–Crippen LogP) is 1.16. The third kappa shape index (κ3) is 3.37. The fraction of sp³-hybridized carbons (Fsp3) is 0.400. The van der Waals surface area contributed by atoms with Crippen LogP contribution in [0, 0.1) is 12.7 Å². The molecule has 0 heterocycles. The van der Waals surface area contributed by atoms with Gasteiger partial charge in [-0.1, -0.05) is 0 Å². The van der Waals surface area contributed by atoms with Gasteiger partial charge in [-0.2, -0.15) is 0 Å². The Morgan fingerprint density at radius 3 is 2.80 bits per heavy atom. The molecule has 0 amide bonds. The van der Waals surface area contributed by atoms with Gasteiger partial charge in [0.1, 0.15) is 5.82 Å². The van der Waals surface area contributed by atoms with Crippen LogP contribution in [0.5, 0.6) is 0 Å². The lowest BCUT2D eigenvalue weighted by Crippen LogP contribution is -2.14. The summed E-state index contributed by atoms with van der Waals surface area (Å²) in [5.74, 6) is 0.00532. The van der Waals surface area contributed by atoms with Crippen LogP contribution in [0.3, 0.4) is 0 Å². The van der Waals surface area contributed by atoms with Crippen LogP contribution < -0.4 is 5.73 Å². The summed E-state index contributed by atoms with van der Waals surface area (Å²) in [7, 11) is 0. The molecule has 0 saturated carbocycles. The largest absolute Gasteiger partial charge is 0.398 e. The van der Waals surface area contributed by atoms with Gasteiger partial charge in [-0.05, 0) is 24.6 Å². The number of anilines is 1. The van der Waals surface area contributed by atoms with Gasteiger partial charge in [0, 0.05) is 16.3 Å². The number of thioether (sulfide) groups is 1. The minimum atomic E-state index is -0.778. The van der Waals surface area contributed by atoms with E-state index in [-0.39, 0.29) is 12.4 Å². The number of aliphatic hydroxyl groups is 2. The number of hydrogen-bond donors (Lipinski definition) is 3. The Morgan fingerprint density at radius 1 is 1.53 bits per heavy atom. The van der Waals surface area contributed by atoms with Gasteiger partial charge in [0.05, 0.1) is 12.7 Å². The summed E-state index contributed by atoms with van der Waals surface area (Å²) < 4.78 is 13.0. The second-order valence-corrected chi connectivity index (χ2v) is 4.35. The first-order valence-electron chi connectivity index (χ1n) is 4.52. The maximum Gasteiger partial charge on any atom is 0.128 e. The van der Waals surface area contributed by atoms with Crippen molar-refractivity contribution in [2.24, 2.45) is 0 Å². The van der Waals surface area contributed by atoms with Crippen LogP contribution in [-0.4, -0.2) is 28.7 Å². The molecule has 1 unspecified atom stereocenters. The normalized spacial score (nSPS) is 12.8. The van der Waals surface area contributed by atoms with Gasteiger partial charge in [-0.15, -0.1) is 11.8 Å². The van der Waals surface area contributed by atoms with Crippen LogP contribution in [0.4, 0.5) is 10.1 Å². The summed E-state index contributed by atoms with van der Waals surface area (Å²) in [5.41, 5.74) is 6.49. The number of nitrogen functional groups attached to an aromatic ring is 1. The summed E-state index contributed by atoms with van der Waals surface area (Å²) in [6.45, 7) is 1.37. The van der Waals surface area contributed by atoms with Gasteiger partial charge < -0.3 is 15.9 Å². The van der Waals surface area contributed by atoms with E-state index in [9.17, 15) is 4.39 Å². The Balaban J connectivity index is 2.73. The number of aryl methyl sites for hydroxylation is 1. The molecule has 0 bridgehead atoms. The molecule has 0 spiro atoms. The zero-order chi connectivity index (χ0) is 11.4. The monoisotopic (exact) mass is 231 g/mol. The molecule has 0 aliphatic heterocycles. The van der Waals surface area contributed by atoms with Crippen molar-refractivity contribution in [3.63, 3.8) is 0 Å². The molecule has 15 heavy (non-hydrogen) atoms. The molecular formula is C10H14FNO2S. The van der Waals surface area contributed by atoms with Gasteiger partial charge in [-0.25, -0.2) is 4.39 Å². The third-order valence-electron chi connectivity index (χ3n) is 1.93. The van der Waals surface area contributed by atoms with Gasteiger partial charge in [0.2, 0.25) is 0 Å². The molecule has 84 valence electrons. The maximum atomic E-state index is 13.0. The molecule has 0 aliphatic carbocycles. The van der Waals surface area contributed by atoms with E-state index in [2.05, 4.69) is 0 Å². The second kappa shape index (κ2) is 5.34. The molecule has 0 fully saturated rings. The summed E-state index contributed by atoms with van der Waals surface area (Å²) in [6.07, 6.45) is -0.778. The highest BCUT2D eigenvalue weighted by atomic mass is 32.2. The molecule has 1 aromatic rings. The first-order chi connectivity index (χ1) is 7.04. The van der Waals surface area contributed by atoms with E-state index in [1.165, 1.54) is 17.8 Å². The topological polar surface area (TPSA) is 66.5 Å². The Hall–Kier alpha value is -0.780. The minimum absolute atomic E-state index is 0.285. The van der Waals surface area contributed by atoms with Crippen LogP contribution in [0.1, 0.15) is 5.56 Å². The van der Waals surface area contributed by atoms with Crippen molar-refractivity contribution in [2.45, 2.75) is 17.9 Å². The van der Waals surface area contributed by atoms with Gasteiger partial charge in [-0.3, -0.25) is 0 Å². The molecule has 1 aromatic carbocycles. The molecule has 1 atom stereocenters. The number of aliphatic hydroxyl groups excluding tert-OH is 2. The van der Waals surface area contributed by atoms with Crippen molar-refractivity contribution < 1.29 is 14.6 Å². The standard InChI is InChI=1S/C10H14FNO2S/c1-6-2-10(9(12)3-8(6)11)15-5-7(14)4-13/h2-3,7,13-14H,4-5,12H2,1H3. The summed E-state index contributed by atoms with van der Waals surface area (Å²) in [5, 5.41) is 17.8. The quantitative estimate of drug-likeness (QED) is 0.537. The molecule has 5 heteroatoms. The van der Waals surface area contributed by atoms with Gasteiger partial charge in [0.15, 0.2) is 0 Å². The number of halogens is 1. The molecular weight excluding hydrogens is 217 g/mol. The zero-order valence-corrected chi connectivity index (χ0v) is 9.22. The molecule has 3 nitrogen and oxygen atoms in total. The predicted molar refractivity (Wildman–Crippen MR) is 59.4 cm³/mol. The molecule has 4 N–H and O–H groups in total. The van der Waals surface area contributed by atoms with Crippen molar-refractivity contribution in [1.82, 2.24) is 0 Å². The lowest BCUT2D eigenvalue weighted by Gasteiger charge is -2.09. The SMILES string of the molecule is Cc1cc(SCC(O)CO)c(N)cc1F. The van der Waals surface area contributed by atoms with Crippen molar-refractivity contribution in [1.29, 1.82) is 0 Å². The van der Waals surface area contributed by atoms with E-state index >= 15 is 0 Å². The van der Waals surface area contributed by atoms with Gasteiger partial charge >= 0.3 is 0 Å². The number of benzene rings is 1. The Morgan fingerprint density at radius 2 is 2.20 bits per heavy atom. The zero-order valence-electron chi connectivity index (χ0n) is 8.40. The van der Waals surface area contributed by atoms with Gasteiger partial charge in [0.25, 0.3) is 0 Å². The van der Waals surface area contributed by atoms with Crippen LogP contribution in [0.25, 0.3) is 0 Å². The number of rotatable bonds is 4. The van der Waals surface area contributed by atoms with Crippen LogP contribution in [0.2, 0.25) is 0 Å². The van der Waals surface area contributed by atoms with Crippen LogP contribution in [-0.2, 0) is 0 Å². The summed E-state index contributed by atoms with van der Waals surface area (Å²) >= 11 is 1.30. The van der Waals surface area contributed by atoms with Crippen molar-refractivity contribution in [3.8, 4) is 0 Å². The van der Waals surface area contributed by atoms with Crippen LogP contribution >= 0.6 is 11.8 Å². The average Bonchev–Trinajstić information content (AvgIpc) is 2.21. The number of nitrogens with two attached hydrogens (primary N) is 1. The average molecular weight is 231 g/mol. The summed E-state index contributed by atoms with van der Waals surface area (Å²) in [6, 6.07) is 2.91. The van der Waals surface area contributed by atoms with Crippen molar-refractivity contribution >= 4 is 17.4 Å². The van der Waals surface area contributed by atoms with E-state index in [4.69, 9.17) is 15.9 Å². The molecule has 0 aliphatic rings. The lowest BCUT2D eigenvalue weighted by atomic mass is 10.2. The van der Waals surface area contributed by atoms with E-state index in [0.717, 1.165) is 4.90 Å². The van der Waals surface area contributed by atoms with E-state index in [0.29, 0.717) is 17.0 Å². The fourth-order valence-electron chi connectivity index (χ4n) is 1.03. The molecule has 0 aromatic heterocycles. The minimum Gasteiger partial charge on any atom is -0.398 e. The first kappa shape index (κ1) is 12.3. The van der Waals surface area contributed by atoms with Crippen molar-refractivity contribution in [3.05, 3.63) is 23.5 Å². The lowest BCUT2D eigenvalue weighted by molar-refractivity contribution is 0.113. The molecule has 1 rings (SSSR count). The van der Waals surface area contributed by atoms with E-state index in [1.807, 2.05) is 0 Å². The first-order valence-corrected chi connectivity index (χ1v) is 5.50. The smallest absolute Gasteiger partial charge is 0.128 e. The third-order valence-corrected chi connectivity index (χ3v) is 3.15. The highest BCUT2D eigenvalue weighted by molar-refractivity contribution is 7.99. The van der Waals surface area contributed by atoms with E-state index in [1.54, 1.807) is 13.0 Å². The Kier molecular flexibility index (Phi) is 4.38. The van der Waals surface area contributed by atoms with Crippen LogP contribution in [0.15, 0.2) is 17.0 Å². The highest BCUT2D eigenvalue weighted by Crippen LogP contribution is 2.28. The second-order valence-electron chi connectivity index (χ2n) is 3.29. The molecule has 0 radical (unpaired) electrons. The molecule has 0 saturated heterocycles. The van der Waals surface area contributed by atoms with Crippen molar-refractivity contribution in [2.75, 3.05) is 18.1 Å². The summed E-state index contributed by atoms with van der Waals surface area (Å²) in [4.78, 5) is 0.724. The fourth-order valence-corrected chi connectivity index (χ4v) is 2.00. The number of hydrogen-bond acceptors (Lipinski definition) is 4. The highest BCUT2D eigenvalue weighted by Gasteiger charge is 2.08. The Labute approximate surface area is 92.1 Å². The Bertz CT molecular complexity index is 346.